The number of hydrogen-bond donors (Lipinski definition) is 0. The third-order valence-electron chi connectivity index (χ3n) is 0.0727. The van der Waals surface area contributed by atoms with E-state index in [2.05, 4.69) is 0 Å². The van der Waals surface area contributed by atoms with Gasteiger partial charge in [-0.15, -0.1) is 0 Å². The van der Waals surface area contributed by atoms with Gasteiger partial charge in [0.25, 0.3) is 0 Å². The first-order valence-electron chi connectivity index (χ1n) is 0.885. The fraction of sp³-hybridized carbons (Fsp3) is 0. The molecule has 1 unspecified atom stereocenters. The molecule has 0 radical (unpaired) electrons. The predicted molar refractivity (Wildman–Crippen MR) is 23.5 cm³/mol. The van der Waals surface area contributed by atoms with Gasteiger partial charge < -0.3 is 0 Å². The molecule has 24 valence electrons. The van der Waals surface area contributed by atoms with E-state index in [4.69, 9.17) is 11.6 Å². The van der Waals surface area contributed by atoms with E-state index < -0.39 is 0 Å². The first-order valence-corrected chi connectivity index (χ1v) is 2.72. The Morgan fingerprint density at radius 3 is 2.00 bits per heavy atom. The molecule has 0 bridgehead atoms. The molecule has 0 saturated carbocycles. The van der Waals surface area contributed by atoms with Gasteiger partial charge in [0.1, 0.15) is 0 Å². The molecule has 0 saturated heterocycles. The van der Waals surface area contributed by atoms with Crippen LogP contribution in [0, 0.1) is 0 Å². The zero-order chi connectivity index (χ0) is 3.41. The number of halogens is 1. The first kappa shape index (κ1) is 4.59. The van der Waals surface area contributed by atoms with Crippen LogP contribution in [0.1, 0.15) is 0 Å². The SMILES string of the molecule is Cl/C=C/[AsH2]. The summed E-state index contributed by atoms with van der Waals surface area (Å²) in [5.74, 6) is 0. The average molecular weight is 138 g/mol. The summed E-state index contributed by atoms with van der Waals surface area (Å²) in [6.45, 7) is 0. The molecule has 0 rings (SSSR count). The molecule has 0 aromatic carbocycles. The van der Waals surface area contributed by atoms with E-state index in [0.29, 0.717) is 0 Å². The first-order chi connectivity index (χ1) is 1.91. The molecule has 0 aliphatic carbocycles. The monoisotopic (exact) mass is 138 g/mol. The van der Waals surface area contributed by atoms with Crippen molar-refractivity contribution in [2.45, 2.75) is 0 Å². The summed E-state index contributed by atoms with van der Waals surface area (Å²) >= 11 is 6.53. The second-order valence-electron chi connectivity index (χ2n) is 0.318. The molecular weight excluding hydrogens is 134 g/mol. The van der Waals surface area contributed by atoms with Crippen molar-refractivity contribution in [3.05, 3.63) is 10.4 Å². The van der Waals surface area contributed by atoms with Gasteiger partial charge in [-0.3, -0.25) is 0 Å². The van der Waals surface area contributed by atoms with Crippen LogP contribution in [0.25, 0.3) is 0 Å². The van der Waals surface area contributed by atoms with Crippen LogP contribution in [0.15, 0.2) is 10.4 Å². The van der Waals surface area contributed by atoms with Crippen LogP contribution in [0.5, 0.6) is 0 Å². The molecule has 0 aliphatic heterocycles. The van der Waals surface area contributed by atoms with Crippen molar-refractivity contribution in [1.82, 2.24) is 0 Å². The second kappa shape index (κ2) is 3.59. The molecule has 0 aliphatic rings. The summed E-state index contributed by atoms with van der Waals surface area (Å²) in [7, 11) is 0. The summed E-state index contributed by atoms with van der Waals surface area (Å²) in [6.07, 6.45) is 0. The van der Waals surface area contributed by atoms with Crippen LogP contribution in [0.2, 0.25) is 0 Å². The van der Waals surface area contributed by atoms with Gasteiger partial charge in [0, 0.05) is 0 Å². The summed E-state index contributed by atoms with van der Waals surface area (Å²) in [6, 6.07) is 0. The second-order valence-corrected chi connectivity index (χ2v) is 1.38. The third kappa shape index (κ3) is 2.59. The minimum atomic E-state index is 1.50. The maximum absolute atomic E-state index is 5.02. The van der Waals surface area contributed by atoms with Gasteiger partial charge in [0.05, 0.1) is 0 Å². The van der Waals surface area contributed by atoms with Gasteiger partial charge in [-0.2, -0.15) is 0 Å². The van der Waals surface area contributed by atoms with Crippen LogP contribution in [0.4, 0.5) is 0 Å². The summed E-state index contributed by atoms with van der Waals surface area (Å²) in [4.78, 5) is 1.83. The van der Waals surface area contributed by atoms with Gasteiger partial charge in [0.2, 0.25) is 0 Å². The number of hydrogen-bond acceptors (Lipinski definition) is 0. The van der Waals surface area contributed by atoms with Gasteiger partial charge in [-0.05, 0) is 0 Å². The third-order valence-corrected chi connectivity index (χ3v) is 1.13. The molecule has 0 aromatic rings. The fourth-order valence-corrected chi connectivity index (χ4v) is 0. The molecule has 0 fully saturated rings. The van der Waals surface area contributed by atoms with Crippen molar-refractivity contribution in [1.29, 1.82) is 0 Å². The molecule has 0 nitrogen and oxygen atoms in total. The van der Waals surface area contributed by atoms with Gasteiger partial charge in [-0.25, -0.2) is 0 Å². The number of rotatable bonds is 0. The Morgan fingerprint density at radius 2 is 2.00 bits per heavy atom. The Labute approximate surface area is 39.3 Å². The normalized spacial score (nSPS) is 9.50. The predicted octanol–water partition coefficient (Wildman–Crippen LogP) is 0.329. The molecule has 0 heterocycles. The Morgan fingerprint density at radius 1 is 1.75 bits per heavy atom. The van der Waals surface area contributed by atoms with Crippen molar-refractivity contribution in [2.24, 2.45) is 0 Å². The van der Waals surface area contributed by atoms with Crippen molar-refractivity contribution in [3.63, 3.8) is 0 Å². The van der Waals surface area contributed by atoms with Gasteiger partial charge >= 0.3 is 38.9 Å². The Balaban J connectivity index is 2.55. The summed E-state index contributed by atoms with van der Waals surface area (Å²) < 4.78 is 0. The molecule has 0 spiro atoms. The van der Waals surface area contributed by atoms with E-state index in [9.17, 15) is 0 Å². The van der Waals surface area contributed by atoms with Crippen molar-refractivity contribution in [3.8, 4) is 0 Å². The van der Waals surface area contributed by atoms with Crippen molar-refractivity contribution < 1.29 is 0 Å². The summed E-state index contributed by atoms with van der Waals surface area (Å²) in [5.41, 5.74) is 1.50. The molecule has 2 heteroatoms. The quantitative estimate of drug-likeness (QED) is 0.423. The molecule has 1 atom stereocenters. The van der Waals surface area contributed by atoms with E-state index in [1.165, 1.54) is 22.4 Å². The Bertz CT molecular complexity index is 21.2. The Hall–Kier alpha value is 0.588. The van der Waals surface area contributed by atoms with Crippen LogP contribution in [-0.2, 0) is 0 Å². The molecule has 0 amide bonds. The van der Waals surface area contributed by atoms with Crippen LogP contribution in [0.3, 0.4) is 0 Å². The summed E-state index contributed by atoms with van der Waals surface area (Å²) in [5, 5.41) is 0. The molecular formula is C2H4AsCl. The maximum atomic E-state index is 5.02. The minimum absolute atomic E-state index is 1.50. The fourth-order valence-electron chi connectivity index (χ4n) is 0. The zero-order valence-electron chi connectivity index (χ0n) is 2.11. The van der Waals surface area contributed by atoms with Crippen molar-refractivity contribution >= 4 is 28.5 Å². The van der Waals surface area contributed by atoms with E-state index in [1.807, 2.05) is 4.86 Å². The van der Waals surface area contributed by atoms with E-state index >= 15 is 0 Å². The average Bonchev–Trinajstić information content (AvgIpc) is 1.37. The van der Waals surface area contributed by atoms with E-state index in [1.54, 1.807) is 0 Å². The van der Waals surface area contributed by atoms with Gasteiger partial charge in [-0.1, -0.05) is 0 Å². The van der Waals surface area contributed by atoms with Crippen LogP contribution < -0.4 is 0 Å². The van der Waals surface area contributed by atoms with Gasteiger partial charge in [0.15, 0.2) is 0 Å². The molecule has 0 aromatic heterocycles. The van der Waals surface area contributed by atoms with Crippen LogP contribution >= 0.6 is 11.6 Å². The Kier molecular flexibility index (Phi) is 4.12. The van der Waals surface area contributed by atoms with E-state index in [-0.39, 0.29) is 0 Å². The molecule has 0 N–H and O–H groups in total. The zero-order valence-corrected chi connectivity index (χ0v) is 5.29. The van der Waals surface area contributed by atoms with E-state index in [0.717, 1.165) is 0 Å². The van der Waals surface area contributed by atoms with Crippen molar-refractivity contribution in [2.75, 3.05) is 0 Å². The standard InChI is InChI=1S/C2H4AsCl/c3-1-2-4/h1-2H,3H2/b2-1+. The molecule has 4 heavy (non-hydrogen) atoms. The van der Waals surface area contributed by atoms with Crippen LogP contribution in [-0.4, -0.2) is 16.9 Å². The topological polar surface area (TPSA) is 0 Å².